The molecule has 0 spiro atoms. The Morgan fingerprint density at radius 3 is 1.81 bits per heavy atom. The number of carbonyl (C=O) groups excluding carboxylic acids is 4. The number of nitrogens with two attached hydrogens (primary N) is 2. The highest BCUT2D eigenvalue weighted by atomic mass is 16.5. The van der Waals surface area contributed by atoms with Crippen molar-refractivity contribution >= 4 is 52.4 Å². The highest BCUT2D eigenvalue weighted by Gasteiger charge is 2.25. The van der Waals surface area contributed by atoms with Crippen LogP contribution in [0.2, 0.25) is 0 Å². The van der Waals surface area contributed by atoms with Crippen molar-refractivity contribution in [2.45, 2.75) is 57.2 Å². The number of nitrogens with one attached hydrogen (secondary N) is 6. The number of benzene rings is 1. The second-order valence-electron chi connectivity index (χ2n) is 14.9. The van der Waals surface area contributed by atoms with Crippen molar-refractivity contribution in [2.75, 3.05) is 117 Å². The quantitative estimate of drug-likeness (QED) is 0.0285. The fourth-order valence-electron chi connectivity index (χ4n) is 5.62. The molecular weight excluding hydrogens is 883 g/mol. The van der Waals surface area contributed by atoms with Gasteiger partial charge in [-0.25, -0.2) is 14.8 Å². The maximum atomic E-state index is 12.8. The van der Waals surface area contributed by atoms with Gasteiger partial charge in [-0.3, -0.25) is 29.0 Å². The number of amides is 4. The minimum atomic E-state index is -1.31. The Bertz CT molecular complexity index is 2030. The van der Waals surface area contributed by atoms with E-state index in [2.05, 4.69) is 46.5 Å². The van der Waals surface area contributed by atoms with Crippen LogP contribution in [0.3, 0.4) is 0 Å². The van der Waals surface area contributed by atoms with E-state index in [9.17, 15) is 39.0 Å². The second kappa shape index (κ2) is 31.9. The molecule has 0 aliphatic heterocycles. The van der Waals surface area contributed by atoms with E-state index >= 15 is 0 Å². The zero-order valence-electron chi connectivity index (χ0n) is 37.8. The molecule has 25 nitrogen and oxygen atoms in total. The number of nitrogen functional groups attached to an aromatic ring is 1. The molecule has 3 rings (SSSR count). The van der Waals surface area contributed by atoms with E-state index < -0.39 is 41.5 Å². The van der Waals surface area contributed by atoms with E-state index in [1.165, 1.54) is 18.3 Å². The van der Waals surface area contributed by atoms with Crippen LogP contribution in [0.15, 0.2) is 35.3 Å². The molecule has 3 aromatic rings. The number of hydrogen-bond donors (Lipinski definition) is 10. The Hall–Kier alpha value is -5.93. The smallest absolute Gasteiger partial charge is 0.326 e. The number of anilines is 2. The van der Waals surface area contributed by atoms with Gasteiger partial charge in [-0.05, 0) is 37.1 Å². The van der Waals surface area contributed by atoms with Crippen molar-refractivity contribution in [3.8, 4) is 0 Å². The molecule has 0 aliphatic rings. The van der Waals surface area contributed by atoms with E-state index in [0.29, 0.717) is 44.4 Å². The zero-order valence-corrected chi connectivity index (χ0v) is 37.8. The Morgan fingerprint density at radius 1 is 0.746 bits per heavy atom. The van der Waals surface area contributed by atoms with Gasteiger partial charge < -0.3 is 76.7 Å². The summed E-state index contributed by atoms with van der Waals surface area (Å²) >= 11 is 0. The maximum absolute atomic E-state index is 12.8. The minimum Gasteiger partial charge on any atom is -0.480 e. The van der Waals surface area contributed by atoms with Gasteiger partial charge in [0, 0.05) is 56.8 Å². The van der Waals surface area contributed by atoms with Crippen LogP contribution in [0, 0.1) is 0 Å². The van der Waals surface area contributed by atoms with Crippen LogP contribution in [0.1, 0.15) is 55.1 Å². The molecule has 2 aromatic heterocycles. The molecule has 1 aromatic carbocycles. The fourth-order valence-corrected chi connectivity index (χ4v) is 5.62. The van der Waals surface area contributed by atoms with Gasteiger partial charge in [-0.15, -0.1) is 0 Å². The summed E-state index contributed by atoms with van der Waals surface area (Å²) < 4.78 is 32.5. The number of hydrogen-bond acceptors (Lipinski definition) is 19. The molecule has 2 heterocycles. The molecule has 0 bridgehead atoms. The van der Waals surface area contributed by atoms with Gasteiger partial charge in [0.05, 0.1) is 103 Å². The lowest BCUT2D eigenvalue weighted by Gasteiger charge is -2.26. The average Bonchev–Trinajstić information content (AvgIpc) is 3.31. The molecule has 0 aliphatic carbocycles. The highest BCUT2D eigenvalue weighted by Crippen LogP contribution is 2.13. The first-order valence-corrected chi connectivity index (χ1v) is 21.9. The Morgan fingerprint density at radius 2 is 1.28 bits per heavy atom. The normalized spacial score (nSPS) is 12.5. The first kappa shape index (κ1) is 55.4. The van der Waals surface area contributed by atoms with Crippen molar-refractivity contribution in [2.24, 2.45) is 5.73 Å². The number of carboxylic acid groups (broad SMARTS) is 1. The van der Waals surface area contributed by atoms with Crippen LogP contribution in [0.25, 0.3) is 11.2 Å². The van der Waals surface area contributed by atoms with Crippen LogP contribution < -0.4 is 43.6 Å². The lowest BCUT2D eigenvalue weighted by Crippen LogP contribution is -2.52. The van der Waals surface area contributed by atoms with Gasteiger partial charge >= 0.3 is 5.97 Å². The first-order chi connectivity index (χ1) is 32.3. The van der Waals surface area contributed by atoms with E-state index in [1.54, 1.807) is 12.1 Å². The summed E-state index contributed by atoms with van der Waals surface area (Å²) in [4.78, 5) is 87.8. The highest BCUT2D eigenvalue weighted by molar-refractivity contribution is 5.97. The van der Waals surface area contributed by atoms with E-state index in [1.807, 2.05) is 6.92 Å². The molecule has 12 N–H and O–H groups in total. The summed E-state index contributed by atoms with van der Waals surface area (Å²) in [5.41, 5.74) is 11.4. The minimum absolute atomic E-state index is 0.0408. The Balaban J connectivity index is 1.15. The third kappa shape index (κ3) is 23.4. The Kier molecular flexibility index (Phi) is 26.4. The van der Waals surface area contributed by atoms with E-state index in [-0.39, 0.29) is 133 Å². The number of aromatic amines is 1. The van der Waals surface area contributed by atoms with Crippen molar-refractivity contribution in [3.63, 3.8) is 0 Å². The van der Waals surface area contributed by atoms with Crippen LogP contribution in [-0.2, 0) is 54.1 Å². The molecule has 25 heteroatoms. The molecule has 4 amide bonds. The van der Waals surface area contributed by atoms with Gasteiger partial charge in [0.2, 0.25) is 23.7 Å². The second-order valence-corrected chi connectivity index (χ2v) is 14.9. The number of carbonyl (C=O) groups is 5. The molecule has 372 valence electrons. The molecule has 1 unspecified atom stereocenters. The van der Waals surface area contributed by atoms with Crippen LogP contribution in [-0.4, -0.2) is 177 Å². The van der Waals surface area contributed by atoms with Crippen LogP contribution in [0.4, 0.5) is 11.6 Å². The molecule has 0 fully saturated rings. The number of rotatable bonds is 37. The zero-order chi connectivity index (χ0) is 48.7. The lowest BCUT2D eigenvalue weighted by atomic mass is 10.1. The van der Waals surface area contributed by atoms with Crippen LogP contribution in [0.5, 0.6) is 0 Å². The van der Waals surface area contributed by atoms with Gasteiger partial charge in [0.25, 0.3) is 11.5 Å². The third-order valence-electron chi connectivity index (χ3n) is 9.21. The van der Waals surface area contributed by atoms with Crippen molar-refractivity contribution < 1.29 is 62.6 Å². The largest absolute Gasteiger partial charge is 0.480 e. The van der Waals surface area contributed by atoms with E-state index in [0.717, 1.165) is 6.42 Å². The topological polar surface area (TPSA) is 365 Å². The SMILES string of the molecule is CCCOCCOCCNC(=O)CCOCC(N)(CO)COCCC(=O)NCCOCCOCCNC(=O)CC[C@H](NC(=O)c1ccc(NCc2cnc3nc(N)[nH]c(=O)c3n2)cc1)C(=O)O. The van der Waals surface area contributed by atoms with Crippen LogP contribution >= 0.6 is 0 Å². The van der Waals surface area contributed by atoms with Gasteiger partial charge in [0.1, 0.15) is 6.04 Å². The number of aromatic nitrogens is 4. The summed E-state index contributed by atoms with van der Waals surface area (Å²) in [7, 11) is 0. The molecule has 0 saturated heterocycles. The lowest BCUT2D eigenvalue weighted by molar-refractivity contribution is -0.139. The first-order valence-electron chi connectivity index (χ1n) is 21.9. The monoisotopic (exact) mass is 947 g/mol. The van der Waals surface area contributed by atoms with Crippen molar-refractivity contribution in [3.05, 3.63) is 52.1 Å². The summed E-state index contributed by atoms with van der Waals surface area (Å²) in [6.07, 6.45) is 2.26. The predicted octanol–water partition coefficient (Wildman–Crippen LogP) is -1.80. The number of ether oxygens (including phenoxy) is 6. The number of H-pyrrole nitrogens is 1. The number of aliphatic hydroxyl groups is 1. The summed E-state index contributed by atoms with van der Waals surface area (Å²) in [6.45, 7) is 5.55. The number of fused-ring (bicyclic) bond motifs is 1. The van der Waals surface area contributed by atoms with Gasteiger partial charge in [-0.1, -0.05) is 6.92 Å². The van der Waals surface area contributed by atoms with Gasteiger partial charge in [-0.2, -0.15) is 4.98 Å². The van der Waals surface area contributed by atoms with Crippen molar-refractivity contribution in [1.29, 1.82) is 0 Å². The number of aliphatic carboxylic acids is 1. The number of nitrogens with zero attached hydrogens (tertiary/aromatic N) is 3. The molecule has 0 radical (unpaired) electrons. The average molecular weight is 948 g/mol. The van der Waals surface area contributed by atoms with Crippen molar-refractivity contribution in [1.82, 2.24) is 41.2 Å². The molecule has 0 saturated carbocycles. The van der Waals surface area contributed by atoms with E-state index in [4.69, 9.17) is 39.9 Å². The fraction of sp³-hybridized carbons (Fsp3) is 0.595. The molecule has 67 heavy (non-hydrogen) atoms. The maximum Gasteiger partial charge on any atom is 0.326 e. The summed E-state index contributed by atoms with van der Waals surface area (Å²) in [6, 6.07) is 4.92. The molecule has 2 atom stereocenters. The molecular formula is C42H65N11O14. The standard InChI is InChI=1S/C42H65N11O14/c1-2-14-62-20-21-63-18-12-46-34(56)9-15-66-27-42(44,26-54)28-67-16-10-35(57)47-13-19-65-23-22-64-17-11-45-33(55)8-7-32(40(60)61)51-38(58)29-3-5-30(6-4-29)48-24-31-25-49-37-36(50-31)39(59)53-41(43)52-37/h3-6,25,32,48,54H,2,7-24,26-28,44H2,1H3,(H,45,55)(H,46,56)(H,47,57)(H,51,58)(H,60,61)(H3,43,49,52,53,59)/t32-,42?/m0/s1. The number of carboxylic acids is 1. The number of aliphatic hydroxyl groups excluding tert-OH is 1. The van der Waals surface area contributed by atoms with Gasteiger partial charge in [0.15, 0.2) is 11.2 Å². The third-order valence-corrected chi connectivity index (χ3v) is 9.21. The predicted molar refractivity (Wildman–Crippen MR) is 242 cm³/mol. The Labute approximate surface area is 387 Å². The summed E-state index contributed by atoms with van der Waals surface area (Å²) in [5.74, 6) is -2.89. The summed E-state index contributed by atoms with van der Waals surface area (Å²) in [5, 5.41) is 33.0.